The van der Waals surface area contributed by atoms with Crippen LogP contribution in [0.1, 0.15) is 29.1 Å². The molecule has 0 fully saturated rings. The summed E-state index contributed by atoms with van der Waals surface area (Å²) in [6.07, 6.45) is 3.48. The van der Waals surface area contributed by atoms with E-state index in [1.807, 2.05) is 6.92 Å². The molecule has 0 amide bonds. The largest absolute Gasteiger partial charge is 0.319 e. The lowest BCUT2D eigenvalue weighted by Gasteiger charge is -2.09. The van der Waals surface area contributed by atoms with Gasteiger partial charge in [-0.15, -0.1) is 5.10 Å². The molecular weight excluding hydrogens is 227 g/mol. The highest BCUT2D eigenvalue weighted by atomic mass is 32.1. The smallest absolute Gasteiger partial charge is 0.141 e. The maximum atomic E-state index is 13.0. The summed E-state index contributed by atoms with van der Waals surface area (Å²) in [6.45, 7) is 1.98. The molecule has 6 heteroatoms. The lowest BCUT2D eigenvalue weighted by atomic mass is 10.1. The van der Waals surface area contributed by atoms with Gasteiger partial charge in [-0.3, -0.25) is 4.98 Å². The van der Waals surface area contributed by atoms with Crippen LogP contribution in [0.25, 0.3) is 0 Å². The van der Waals surface area contributed by atoms with Gasteiger partial charge in [0, 0.05) is 6.20 Å². The number of aromatic nitrogens is 3. The normalized spacial score (nSPS) is 12.7. The Bertz CT molecular complexity index is 485. The number of hydrogen-bond donors (Lipinski definition) is 1. The summed E-state index contributed by atoms with van der Waals surface area (Å²) in [5.41, 5.74) is 7.53. The summed E-state index contributed by atoms with van der Waals surface area (Å²) in [5.74, 6) is -0.386. The van der Waals surface area contributed by atoms with Gasteiger partial charge in [-0.2, -0.15) is 0 Å². The minimum Gasteiger partial charge on any atom is -0.319 e. The Kier molecular flexibility index (Phi) is 3.21. The highest BCUT2D eigenvalue weighted by Crippen LogP contribution is 2.24. The van der Waals surface area contributed by atoms with Crippen molar-refractivity contribution in [2.75, 3.05) is 0 Å². The molecule has 4 nitrogen and oxygen atoms in total. The molecule has 1 unspecified atom stereocenters. The van der Waals surface area contributed by atoms with E-state index < -0.39 is 6.04 Å². The molecule has 2 heterocycles. The lowest BCUT2D eigenvalue weighted by molar-refractivity contribution is 0.616. The molecule has 16 heavy (non-hydrogen) atoms. The Morgan fingerprint density at radius 2 is 2.31 bits per heavy atom. The average Bonchev–Trinajstić information content (AvgIpc) is 2.76. The minimum atomic E-state index is -0.404. The third-order valence-corrected chi connectivity index (χ3v) is 3.14. The molecule has 0 aliphatic carbocycles. The van der Waals surface area contributed by atoms with Crippen LogP contribution in [0.2, 0.25) is 0 Å². The molecule has 84 valence electrons. The van der Waals surface area contributed by atoms with Crippen LogP contribution >= 0.6 is 11.5 Å². The number of aryl methyl sites for hydroxylation is 1. The first kappa shape index (κ1) is 11.1. The molecule has 0 bridgehead atoms. The third-order valence-electron chi connectivity index (χ3n) is 2.29. The Hall–Kier alpha value is -1.40. The molecule has 0 aliphatic heterocycles. The second-order valence-electron chi connectivity index (χ2n) is 3.35. The van der Waals surface area contributed by atoms with Crippen LogP contribution in [0.3, 0.4) is 0 Å². The van der Waals surface area contributed by atoms with Crippen LogP contribution in [0.5, 0.6) is 0 Å². The van der Waals surface area contributed by atoms with Gasteiger partial charge in [-0.25, -0.2) is 4.39 Å². The van der Waals surface area contributed by atoms with Gasteiger partial charge in [0.25, 0.3) is 0 Å². The minimum absolute atomic E-state index is 0.386. The van der Waals surface area contributed by atoms with Gasteiger partial charge in [-0.1, -0.05) is 11.4 Å². The quantitative estimate of drug-likeness (QED) is 0.883. The Labute approximate surface area is 96.5 Å². The van der Waals surface area contributed by atoms with Crippen LogP contribution in [0.15, 0.2) is 18.5 Å². The van der Waals surface area contributed by atoms with Crippen LogP contribution in [-0.4, -0.2) is 14.6 Å². The van der Waals surface area contributed by atoms with Crippen molar-refractivity contribution in [1.29, 1.82) is 0 Å². The van der Waals surface area contributed by atoms with Crippen molar-refractivity contribution in [1.82, 2.24) is 14.6 Å². The van der Waals surface area contributed by atoms with Gasteiger partial charge >= 0.3 is 0 Å². The second-order valence-corrected chi connectivity index (χ2v) is 4.14. The molecule has 2 aromatic rings. The average molecular weight is 238 g/mol. The first-order valence-corrected chi connectivity index (χ1v) is 5.67. The summed E-state index contributed by atoms with van der Waals surface area (Å²) >= 11 is 1.25. The van der Waals surface area contributed by atoms with Gasteiger partial charge in [0.1, 0.15) is 5.82 Å². The van der Waals surface area contributed by atoms with Crippen LogP contribution in [0, 0.1) is 5.82 Å². The zero-order valence-corrected chi connectivity index (χ0v) is 9.54. The summed E-state index contributed by atoms with van der Waals surface area (Å²) in [6, 6.07) is 0.981. The maximum absolute atomic E-state index is 13.0. The monoisotopic (exact) mass is 238 g/mol. The van der Waals surface area contributed by atoms with Gasteiger partial charge < -0.3 is 5.73 Å². The zero-order valence-electron chi connectivity index (χ0n) is 8.72. The van der Waals surface area contributed by atoms with Gasteiger partial charge in [0.15, 0.2) is 0 Å². The highest BCUT2D eigenvalue weighted by molar-refractivity contribution is 7.05. The molecule has 1 atom stereocenters. The highest BCUT2D eigenvalue weighted by Gasteiger charge is 2.17. The van der Waals surface area contributed by atoms with E-state index in [-0.39, 0.29) is 5.82 Å². The fraction of sp³-hybridized carbons (Fsp3) is 0.300. The first-order chi connectivity index (χ1) is 7.72. The topological polar surface area (TPSA) is 64.7 Å². The second kappa shape index (κ2) is 4.63. The molecule has 0 aliphatic rings. The number of halogens is 1. The standard InChI is InChI=1S/C10H11FN4S/c1-2-8-10(16-15-14-8)9(12)6-3-7(11)5-13-4-6/h3-5,9H,2,12H2,1H3. The van der Waals surface area contributed by atoms with E-state index in [1.165, 1.54) is 17.6 Å². The van der Waals surface area contributed by atoms with E-state index >= 15 is 0 Å². The van der Waals surface area contributed by atoms with Gasteiger partial charge in [-0.05, 0) is 29.6 Å². The molecule has 2 rings (SSSR count). The number of rotatable bonds is 3. The molecule has 2 N–H and O–H groups in total. The van der Waals surface area contributed by atoms with Crippen molar-refractivity contribution in [3.8, 4) is 0 Å². The number of pyridine rings is 1. The predicted molar refractivity (Wildman–Crippen MR) is 59.5 cm³/mol. The molecular formula is C10H11FN4S. The molecule has 0 saturated carbocycles. The van der Waals surface area contributed by atoms with E-state index in [0.29, 0.717) is 5.56 Å². The predicted octanol–water partition coefficient (Wildman–Crippen LogP) is 1.68. The van der Waals surface area contributed by atoms with Crippen LogP contribution in [-0.2, 0) is 6.42 Å². The zero-order chi connectivity index (χ0) is 11.5. The van der Waals surface area contributed by atoms with Crippen LogP contribution < -0.4 is 5.73 Å². The Balaban J connectivity index is 2.35. The van der Waals surface area contributed by atoms with Crippen molar-refractivity contribution in [3.63, 3.8) is 0 Å². The van der Waals surface area contributed by atoms with Crippen LogP contribution in [0.4, 0.5) is 4.39 Å². The summed E-state index contributed by atoms with van der Waals surface area (Å²) < 4.78 is 16.9. The fourth-order valence-corrected chi connectivity index (χ4v) is 2.21. The number of nitrogens with two attached hydrogens (primary N) is 1. The van der Waals surface area contributed by atoms with E-state index in [1.54, 1.807) is 6.20 Å². The van der Waals surface area contributed by atoms with Crippen molar-refractivity contribution in [2.45, 2.75) is 19.4 Å². The van der Waals surface area contributed by atoms with Crippen molar-refractivity contribution in [2.24, 2.45) is 5.73 Å². The van der Waals surface area contributed by atoms with Gasteiger partial charge in [0.2, 0.25) is 0 Å². The summed E-state index contributed by atoms with van der Waals surface area (Å²) in [7, 11) is 0. The van der Waals surface area contributed by atoms with E-state index in [4.69, 9.17) is 5.73 Å². The fourth-order valence-electron chi connectivity index (χ4n) is 1.45. The molecule has 2 aromatic heterocycles. The SMILES string of the molecule is CCc1nnsc1C(N)c1cncc(F)c1. The first-order valence-electron chi connectivity index (χ1n) is 4.89. The maximum Gasteiger partial charge on any atom is 0.141 e. The Morgan fingerprint density at radius 1 is 1.50 bits per heavy atom. The molecule has 0 spiro atoms. The molecule has 0 radical (unpaired) electrons. The third kappa shape index (κ3) is 2.07. The van der Waals surface area contributed by atoms with Crippen molar-refractivity contribution >= 4 is 11.5 Å². The van der Waals surface area contributed by atoms with E-state index in [2.05, 4.69) is 14.6 Å². The van der Waals surface area contributed by atoms with E-state index in [0.717, 1.165) is 23.2 Å². The van der Waals surface area contributed by atoms with Crippen molar-refractivity contribution in [3.05, 3.63) is 40.4 Å². The molecule has 0 saturated heterocycles. The lowest BCUT2D eigenvalue weighted by Crippen LogP contribution is -2.12. The van der Waals surface area contributed by atoms with Gasteiger partial charge in [0.05, 0.1) is 22.8 Å². The Morgan fingerprint density at radius 3 is 3.00 bits per heavy atom. The van der Waals surface area contributed by atoms with E-state index in [9.17, 15) is 4.39 Å². The summed E-state index contributed by atoms with van der Waals surface area (Å²) in [5, 5.41) is 3.98. The number of hydrogen-bond acceptors (Lipinski definition) is 5. The summed E-state index contributed by atoms with van der Waals surface area (Å²) in [4.78, 5) is 4.65. The molecule has 0 aromatic carbocycles. The van der Waals surface area contributed by atoms with Crippen molar-refractivity contribution < 1.29 is 4.39 Å². The number of nitrogens with zero attached hydrogens (tertiary/aromatic N) is 3.